The number of nitrogens with zero attached hydrogens (tertiary/aromatic N) is 3. The fourth-order valence-electron chi connectivity index (χ4n) is 3.49. The van der Waals surface area contributed by atoms with Gasteiger partial charge in [0.15, 0.2) is 0 Å². The molecule has 4 rings (SSSR count). The SMILES string of the molecule is Cc1cc(/C=C2/NC(=O)N(Cc3ccccc3F)C2=O)c(C)n1-c1ccncc1. The molecule has 29 heavy (non-hydrogen) atoms. The van der Waals surface area contributed by atoms with Crippen molar-refractivity contribution in [2.24, 2.45) is 0 Å². The number of urea groups is 1. The lowest BCUT2D eigenvalue weighted by atomic mass is 10.2. The number of hydrogen-bond acceptors (Lipinski definition) is 3. The van der Waals surface area contributed by atoms with Crippen molar-refractivity contribution in [3.63, 3.8) is 0 Å². The highest BCUT2D eigenvalue weighted by Crippen LogP contribution is 2.24. The van der Waals surface area contributed by atoms with Crippen molar-refractivity contribution in [1.82, 2.24) is 19.8 Å². The third-order valence-corrected chi connectivity index (χ3v) is 4.94. The van der Waals surface area contributed by atoms with Crippen LogP contribution in [0.4, 0.5) is 9.18 Å². The number of amides is 3. The Morgan fingerprint density at radius 1 is 1.10 bits per heavy atom. The Kier molecular flexibility index (Phi) is 4.72. The number of carbonyl (C=O) groups is 2. The minimum absolute atomic E-state index is 0.120. The predicted octanol–water partition coefficient (Wildman–Crippen LogP) is 3.72. The van der Waals surface area contributed by atoms with Crippen LogP contribution in [0.25, 0.3) is 11.8 Å². The quantitative estimate of drug-likeness (QED) is 0.545. The second-order valence-electron chi connectivity index (χ2n) is 6.84. The van der Waals surface area contributed by atoms with Crippen molar-refractivity contribution < 1.29 is 14.0 Å². The summed E-state index contributed by atoms with van der Waals surface area (Å²) in [6, 6.07) is 11.3. The van der Waals surface area contributed by atoms with Crippen molar-refractivity contribution in [3.05, 3.63) is 88.9 Å². The average molecular weight is 390 g/mol. The molecule has 6 nitrogen and oxygen atoms in total. The third-order valence-electron chi connectivity index (χ3n) is 4.94. The zero-order valence-electron chi connectivity index (χ0n) is 16.0. The molecule has 1 aliphatic heterocycles. The van der Waals surface area contributed by atoms with Gasteiger partial charge in [0.2, 0.25) is 0 Å². The molecule has 0 atom stereocenters. The number of carbonyl (C=O) groups excluding carboxylic acids is 2. The van der Waals surface area contributed by atoms with Crippen LogP contribution < -0.4 is 5.32 Å². The van der Waals surface area contributed by atoms with E-state index >= 15 is 0 Å². The van der Waals surface area contributed by atoms with Gasteiger partial charge in [-0.25, -0.2) is 9.18 Å². The van der Waals surface area contributed by atoms with Gasteiger partial charge in [0.1, 0.15) is 11.5 Å². The lowest BCUT2D eigenvalue weighted by Gasteiger charge is -2.12. The number of halogens is 1. The highest BCUT2D eigenvalue weighted by Gasteiger charge is 2.34. The summed E-state index contributed by atoms with van der Waals surface area (Å²) >= 11 is 0. The van der Waals surface area contributed by atoms with Crippen LogP contribution >= 0.6 is 0 Å². The number of nitrogens with one attached hydrogen (secondary N) is 1. The summed E-state index contributed by atoms with van der Waals surface area (Å²) in [5.74, 6) is -0.932. The fourth-order valence-corrected chi connectivity index (χ4v) is 3.49. The van der Waals surface area contributed by atoms with Crippen LogP contribution in [-0.2, 0) is 11.3 Å². The van der Waals surface area contributed by atoms with E-state index in [9.17, 15) is 14.0 Å². The molecule has 2 aromatic heterocycles. The van der Waals surface area contributed by atoms with Gasteiger partial charge < -0.3 is 9.88 Å². The molecule has 0 spiro atoms. The summed E-state index contributed by atoms with van der Waals surface area (Å²) in [7, 11) is 0. The van der Waals surface area contributed by atoms with Gasteiger partial charge >= 0.3 is 6.03 Å². The maximum Gasteiger partial charge on any atom is 0.329 e. The number of benzene rings is 1. The topological polar surface area (TPSA) is 67.2 Å². The van der Waals surface area contributed by atoms with Gasteiger partial charge in [-0.05, 0) is 49.8 Å². The van der Waals surface area contributed by atoms with E-state index in [2.05, 4.69) is 10.3 Å². The molecule has 0 unspecified atom stereocenters. The monoisotopic (exact) mass is 390 g/mol. The maximum absolute atomic E-state index is 13.9. The Balaban J connectivity index is 1.64. The Hall–Kier alpha value is -3.74. The molecule has 1 aromatic carbocycles. The van der Waals surface area contributed by atoms with Crippen LogP contribution in [0.2, 0.25) is 0 Å². The molecular formula is C22H19FN4O2. The molecule has 0 bridgehead atoms. The molecule has 0 radical (unpaired) electrons. The maximum atomic E-state index is 13.9. The predicted molar refractivity (Wildman–Crippen MR) is 106 cm³/mol. The summed E-state index contributed by atoms with van der Waals surface area (Å²) < 4.78 is 16.0. The normalized spacial score (nSPS) is 15.3. The van der Waals surface area contributed by atoms with Crippen LogP contribution in [-0.4, -0.2) is 26.4 Å². The Bertz CT molecular complexity index is 1130. The number of pyridine rings is 1. The number of rotatable bonds is 4. The molecule has 146 valence electrons. The standard InChI is InChI=1S/C22H19FN4O2/c1-14-11-17(15(2)27(14)18-7-9-24-10-8-18)12-20-21(28)26(22(29)25-20)13-16-5-3-4-6-19(16)23/h3-12H,13H2,1-2H3,(H,25,29)/b20-12+. The van der Waals surface area contributed by atoms with Crippen LogP contribution in [0, 0.1) is 19.7 Å². The summed E-state index contributed by atoms with van der Waals surface area (Å²) in [5.41, 5.74) is 4.14. The van der Waals surface area contributed by atoms with Gasteiger partial charge in [-0.2, -0.15) is 0 Å². The number of imide groups is 1. The molecule has 1 fully saturated rings. The molecule has 0 saturated carbocycles. The summed E-state index contributed by atoms with van der Waals surface area (Å²) in [5, 5.41) is 2.59. The average Bonchev–Trinajstić information content (AvgIpc) is 3.13. The van der Waals surface area contributed by atoms with E-state index in [-0.39, 0.29) is 17.8 Å². The molecule has 3 heterocycles. The third kappa shape index (κ3) is 3.42. The summed E-state index contributed by atoms with van der Waals surface area (Å²) in [6.07, 6.45) is 5.09. The van der Waals surface area contributed by atoms with Gasteiger partial charge in [-0.3, -0.25) is 14.7 Å². The van der Waals surface area contributed by atoms with Crippen LogP contribution in [0.1, 0.15) is 22.5 Å². The van der Waals surface area contributed by atoms with E-state index < -0.39 is 17.8 Å². The second-order valence-corrected chi connectivity index (χ2v) is 6.84. The number of aryl methyl sites for hydroxylation is 1. The molecular weight excluding hydrogens is 371 g/mol. The van der Waals surface area contributed by atoms with Crippen LogP contribution in [0.5, 0.6) is 0 Å². The minimum Gasteiger partial charge on any atom is -0.318 e. The first-order chi connectivity index (χ1) is 14.0. The lowest BCUT2D eigenvalue weighted by molar-refractivity contribution is -0.123. The van der Waals surface area contributed by atoms with E-state index in [1.807, 2.05) is 36.6 Å². The molecule has 1 saturated heterocycles. The summed E-state index contributed by atoms with van der Waals surface area (Å²) in [6.45, 7) is 3.79. The Morgan fingerprint density at radius 2 is 1.83 bits per heavy atom. The first-order valence-electron chi connectivity index (χ1n) is 9.13. The smallest absolute Gasteiger partial charge is 0.318 e. The highest BCUT2D eigenvalue weighted by atomic mass is 19.1. The van der Waals surface area contributed by atoms with E-state index in [0.717, 1.165) is 27.5 Å². The summed E-state index contributed by atoms with van der Waals surface area (Å²) in [4.78, 5) is 30.1. The van der Waals surface area contributed by atoms with Crippen molar-refractivity contribution in [2.45, 2.75) is 20.4 Å². The Labute approximate surface area is 167 Å². The van der Waals surface area contributed by atoms with Crippen molar-refractivity contribution in [3.8, 4) is 5.69 Å². The van der Waals surface area contributed by atoms with Crippen molar-refractivity contribution in [2.75, 3.05) is 0 Å². The van der Waals surface area contributed by atoms with Gasteiger partial charge in [0.05, 0.1) is 6.54 Å². The van der Waals surface area contributed by atoms with E-state index in [0.29, 0.717) is 0 Å². The Morgan fingerprint density at radius 3 is 2.55 bits per heavy atom. The largest absolute Gasteiger partial charge is 0.329 e. The van der Waals surface area contributed by atoms with E-state index in [1.165, 1.54) is 6.07 Å². The highest BCUT2D eigenvalue weighted by molar-refractivity contribution is 6.14. The molecule has 1 N–H and O–H groups in total. The number of aromatic nitrogens is 2. The van der Waals surface area contributed by atoms with Gasteiger partial charge in [0, 0.05) is 35.0 Å². The molecule has 0 aliphatic carbocycles. The lowest BCUT2D eigenvalue weighted by Crippen LogP contribution is -2.30. The van der Waals surface area contributed by atoms with Crippen molar-refractivity contribution >= 4 is 18.0 Å². The fraction of sp³-hybridized carbons (Fsp3) is 0.136. The van der Waals surface area contributed by atoms with Crippen LogP contribution in [0.15, 0.2) is 60.6 Å². The van der Waals surface area contributed by atoms with Crippen molar-refractivity contribution in [1.29, 1.82) is 0 Å². The molecule has 1 aliphatic rings. The van der Waals surface area contributed by atoms with Gasteiger partial charge in [-0.15, -0.1) is 0 Å². The number of hydrogen-bond donors (Lipinski definition) is 1. The van der Waals surface area contributed by atoms with Gasteiger partial charge in [0.25, 0.3) is 5.91 Å². The van der Waals surface area contributed by atoms with Crippen LogP contribution in [0.3, 0.4) is 0 Å². The molecule has 3 aromatic rings. The first kappa shape index (κ1) is 18.6. The first-order valence-corrected chi connectivity index (χ1v) is 9.13. The van der Waals surface area contributed by atoms with E-state index in [1.54, 1.807) is 36.7 Å². The molecule has 3 amide bonds. The zero-order valence-corrected chi connectivity index (χ0v) is 16.0. The van der Waals surface area contributed by atoms with E-state index in [4.69, 9.17) is 0 Å². The zero-order chi connectivity index (χ0) is 20.5. The second kappa shape index (κ2) is 7.35. The molecule has 7 heteroatoms. The minimum atomic E-state index is -0.563. The van der Waals surface area contributed by atoms with Gasteiger partial charge in [-0.1, -0.05) is 18.2 Å².